The van der Waals surface area contributed by atoms with Crippen molar-refractivity contribution in [2.45, 2.75) is 4.90 Å². The van der Waals surface area contributed by atoms with Crippen LogP contribution in [-0.2, 0) is 10.1 Å². The second kappa shape index (κ2) is 4.62. The van der Waals surface area contributed by atoms with Crippen molar-refractivity contribution >= 4 is 34.9 Å². The van der Waals surface area contributed by atoms with Gasteiger partial charge < -0.3 is 5.11 Å². The van der Waals surface area contributed by atoms with Crippen LogP contribution in [-0.4, -0.2) is 42.9 Å². The molecule has 14 heavy (non-hydrogen) atoms. The first kappa shape index (κ1) is 13.2. The van der Waals surface area contributed by atoms with E-state index in [9.17, 15) is 13.2 Å². The smallest absolute Gasteiger partial charge is 0.335 e. The van der Waals surface area contributed by atoms with Gasteiger partial charge in [0.05, 0.1) is 10.5 Å². The molecule has 0 aliphatic carbocycles. The average molecular weight is 209 g/mol. The maximum absolute atomic E-state index is 10.6. The van der Waals surface area contributed by atoms with E-state index in [2.05, 4.69) is 0 Å². The van der Waals surface area contributed by atoms with Crippen LogP contribution in [0.1, 0.15) is 10.4 Å². The third-order valence-electron chi connectivity index (χ3n) is 1.38. The number of rotatable bonds is 2. The van der Waals surface area contributed by atoms with E-state index in [1.54, 1.807) is 0 Å². The Morgan fingerprint density at radius 1 is 1.29 bits per heavy atom. The summed E-state index contributed by atoms with van der Waals surface area (Å²) in [6.07, 6.45) is 0. The quantitative estimate of drug-likeness (QED) is 0.538. The number of hydrogen-bond donors (Lipinski definition) is 2. The minimum absolute atomic E-state index is 0. The van der Waals surface area contributed by atoms with Crippen LogP contribution in [0.15, 0.2) is 29.2 Å². The van der Waals surface area contributed by atoms with E-state index in [1.807, 2.05) is 0 Å². The fraction of sp³-hybridized carbons (Fsp3) is 0. The van der Waals surface area contributed by atoms with E-state index in [0.29, 0.717) is 0 Å². The van der Waals surface area contributed by atoms with E-state index in [4.69, 9.17) is 9.66 Å². The minimum atomic E-state index is -4.32. The molecule has 0 amide bonds. The van der Waals surface area contributed by atoms with Crippen molar-refractivity contribution in [1.82, 2.24) is 0 Å². The van der Waals surface area contributed by atoms with Crippen molar-refractivity contribution in [3.05, 3.63) is 29.8 Å². The Balaban J connectivity index is 0.00000169. The topological polar surface area (TPSA) is 91.7 Å². The van der Waals surface area contributed by atoms with Gasteiger partial charge in [0.1, 0.15) is 0 Å². The molecular formula is C7H6LiO5S. The zero-order chi connectivity index (χ0) is 10.1. The van der Waals surface area contributed by atoms with Crippen LogP contribution in [0.3, 0.4) is 0 Å². The van der Waals surface area contributed by atoms with Crippen molar-refractivity contribution in [3.8, 4) is 0 Å². The summed E-state index contributed by atoms with van der Waals surface area (Å²) in [6.45, 7) is 0. The molecule has 0 atom stereocenters. The van der Waals surface area contributed by atoms with Gasteiger partial charge in [0.25, 0.3) is 10.1 Å². The van der Waals surface area contributed by atoms with Crippen molar-refractivity contribution in [1.29, 1.82) is 0 Å². The summed E-state index contributed by atoms with van der Waals surface area (Å²) in [7, 11) is -4.32. The molecule has 0 saturated heterocycles. The molecule has 0 fully saturated rings. The van der Waals surface area contributed by atoms with E-state index >= 15 is 0 Å². The van der Waals surface area contributed by atoms with Gasteiger partial charge in [-0.05, 0) is 18.2 Å². The monoisotopic (exact) mass is 209 g/mol. The van der Waals surface area contributed by atoms with Crippen molar-refractivity contribution in [2.24, 2.45) is 0 Å². The summed E-state index contributed by atoms with van der Waals surface area (Å²) in [5, 5.41) is 8.50. The first-order valence-electron chi connectivity index (χ1n) is 3.22. The summed E-state index contributed by atoms with van der Waals surface area (Å²) in [5.41, 5.74) is -0.185. The van der Waals surface area contributed by atoms with Gasteiger partial charge in [0.15, 0.2) is 0 Å². The van der Waals surface area contributed by atoms with Crippen LogP contribution >= 0.6 is 0 Å². The number of aromatic carboxylic acids is 1. The molecule has 7 heteroatoms. The second-order valence-electron chi connectivity index (χ2n) is 2.31. The molecule has 0 bridgehead atoms. The van der Waals surface area contributed by atoms with Crippen LogP contribution in [0.4, 0.5) is 0 Å². The van der Waals surface area contributed by atoms with Crippen molar-refractivity contribution in [2.75, 3.05) is 0 Å². The molecule has 0 aliphatic heterocycles. The summed E-state index contributed by atoms with van der Waals surface area (Å²) in [5.74, 6) is -1.24. The maximum Gasteiger partial charge on any atom is 0.335 e. The Morgan fingerprint density at radius 2 is 1.86 bits per heavy atom. The van der Waals surface area contributed by atoms with Gasteiger partial charge in [-0.15, -0.1) is 0 Å². The zero-order valence-corrected chi connectivity index (χ0v) is 8.15. The molecular weight excluding hydrogens is 203 g/mol. The van der Waals surface area contributed by atoms with Crippen LogP contribution in [0, 0.1) is 0 Å². The summed E-state index contributed by atoms with van der Waals surface area (Å²) < 4.78 is 29.7. The Bertz CT molecular complexity index is 439. The predicted octanol–water partition coefficient (Wildman–Crippen LogP) is 0.251. The van der Waals surface area contributed by atoms with Gasteiger partial charge in [-0.25, -0.2) is 4.79 Å². The second-order valence-corrected chi connectivity index (χ2v) is 3.73. The Hall–Kier alpha value is -0.803. The number of carboxylic acids is 1. The van der Waals surface area contributed by atoms with E-state index in [1.165, 1.54) is 12.1 Å². The summed E-state index contributed by atoms with van der Waals surface area (Å²) >= 11 is 0. The molecule has 1 aromatic rings. The SMILES string of the molecule is O=C(O)c1cccc(S(=O)(=O)O)c1.[Li]. The first-order chi connectivity index (χ1) is 5.91. The largest absolute Gasteiger partial charge is 0.478 e. The third kappa shape index (κ3) is 3.16. The molecule has 71 valence electrons. The zero-order valence-electron chi connectivity index (χ0n) is 7.34. The normalized spacial score (nSPS) is 10.4. The fourth-order valence-electron chi connectivity index (χ4n) is 0.790. The molecule has 1 rings (SSSR count). The predicted molar refractivity (Wildman–Crippen MR) is 49.0 cm³/mol. The molecule has 0 heterocycles. The molecule has 0 aromatic heterocycles. The molecule has 0 unspecified atom stereocenters. The average Bonchev–Trinajstić information content (AvgIpc) is 2.03. The van der Waals surface area contributed by atoms with E-state index < -0.39 is 21.0 Å². The van der Waals surface area contributed by atoms with Crippen LogP contribution in [0.2, 0.25) is 0 Å². The van der Waals surface area contributed by atoms with Crippen LogP contribution < -0.4 is 0 Å². The van der Waals surface area contributed by atoms with Gasteiger partial charge in [0, 0.05) is 18.9 Å². The Kier molecular flexibility index (Phi) is 4.35. The number of carbonyl (C=O) groups is 1. The Labute approximate surface area is 92.7 Å². The van der Waals surface area contributed by atoms with E-state index in [-0.39, 0.29) is 24.4 Å². The minimum Gasteiger partial charge on any atom is -0.478 e. The number of benzene rings is 1. The third-order valence-corrected chi connectivity index (χ3v) is 2.23. The van der Waals surface area contributed by atoms with Gasteiger partial charge >= 0.3 is 5.97 Å². The van der Waals surface area contributed by atoms with Crippen LogP contribution in [0.5, 0.6) is 0 Å². The van der Waals surface area contributed by atoms with E-state index in [0.717, 1.165) is 12.1 Å². The van der Waals surface area contributed by atoms with Crippen molar-refractivity contribution < 1.29 is 22.9 Å². The standard InChI is InChI=1S/C7H6O5S.Li/c8-7(9)5-2-1-3-6(4-5)13(10,11)12;/h1-4H,(H,8,9)(H,10,11,12);. The maximum atomic E-state index is 10.6. The molecule has 5 nitrogen and oxygen atoms in total. The van der Waals surface area contributed by atoms with Crippen molar-refractivity contribution in [3.63, 3.8) is 0 Å². The molecule has 1 radical (unpaired) electrons. The van der Waals surface area contributed by atoms with Gasteiger partial charge in [-0.3, -0.25) is 4.55 Å². The van der Waals surface area contributed by atoms with Gasteiger partial charge in [0.2, 0.25) is 0 Å². The molecule has 0 aliphatic rings. The van der Waals surface area contributed by atoms with Crippen LogP contribution in [0.25, 0.3) is 0 Å². The summed E-state index contributed by atoms with van der Waals surface area (Å²) in [4.78, 5) is 9.98. The van der Waals surface area contributed by atoms with Gasteiger partial charge in [-0.1, -0.05) is 6.07 Å². The number of hydrogen-bond acceptors (Lipinski definition) is 3. The molecule has 0 spiro atoms. The fourth-order valence-corrected chi connectivity index (χ4v) is 1.32. The molecule has 0 saturated carbocycles. The Morgan fingerprint density at radius 3 is 2.29 bits per heavy atom. The van der Waals surface area contributed by atoms with Gasteiger partial charge in [-0.2, -0.15) is 8.42 Å². The molecule has 1 aromatic carbocycles. The number of carboxylic acid groups (broad SMARTS) is 1. The summed E-state index contributed by atoms with van der Waals surface area (Å²) in [6, 6.07) is 4.48. The first-order valence-corrected chi connectivity index (χ1v) is 4.66. The molecule has 2 N–H and O–H groups in total.